The molecule has 4 N–H and O–H groups in total. The van der Waals surface area contributed by atoms with Crippen LogP contribution in [0.5, 0.6) is 11.5 Å². The van der Waals surface area contributed by atoms with Crippen molar-refractivity contribution in [1.82, 2.24) is 10.2 Å². The van der Waals surface area contributed by atoms with Crippen molar-refractivity contribution in [3.8, 4) is 11.5 Å². The van der Waals surface area contributed by atoms with Gasteiger partial charge in [-0.1, -0.05) is 30.3 Å². The number of amides is 1. The predicted molar refractivity (Wildman–Crippen MR) is 133 cm³/mol. The molecule has 0 atom stereocenters. The molecular formula is C25H30N4O4S. The maximum atomic E-state index is 12.3. The van der Waals surface area contributed by atoms with Crippen molar-refractivity contribution in [2.24, 2.45) is 5.14 Å². The number of primary sulfonamides is 1. The quantitative estimate of drug-likeness (QED) is 0.342. The van der Waals surface area contributed by atoms with Gasteiger partial charge in [0.05, 0.1) is 11.4 Å². The van der Waals surface area contributed by atoms with Gasteiger partial charge in [0.15, 0.2) is 0 Å². The lowest BCUT2D eigenvalue weighted by molar-refractivity contribution is -0.117. The van der Waals surface area contributed by atoms with E-state index in [-0.39, 0.29) is 17.3 Å². The van der Waals surface area contributed by atoms with Gasteiger partial charge in [-0.05, 0) is 80.7 Å². The van der Waals surface area contributed by atoms with Crippen LogP contribution in [0.3, 0.4) is 0 Å². The summed E-state index contributed by atoms with van der Waals surface area (Å²) in [6.07, 6.45) is 0.866. The number of nitrogens with one attached hydrogen (secondary N) is 2. The van der Waals surface area contributed by atoms with Crippen molar-refractivity contribution >= 4 is 21.6 Å². The molecule has 3 rings (SSSR count). The van der Waals surface area contributed by atoms with Crippen LogP contribution in [-0.2, 0) is 21.4 Å². The number of hydrogen-bond donors (Lipinski definition) is 3. The minimum atomic E-state index is -3.67. The summed E-state index contributed by atoms with van der Waals surface area (Å²) in [6.45, 7) is 2.44. The fraction of sp³-hybridized carbons (Fsp3) is 0.240. The number of benzene rings is 3. The Labute approximate surface area is 200 Å². The number of para-hydroxylation sites is 1. The second-order valence-electron chi connectivity index (χ2n) is 7.94. The standard InChI is InChI=1S/C25H30N4O4S/c1-29(17-5-16-27-18-20-8-14-24(15-9-20)34(26,31)32)19-25(30)28-21-10-12-23(13-11-21)33-22-6-3-2-4-7-22/h2-4,6-15,27H,5,16-19H2,1H3,(H,28,30)(H2,26,31,32). The van der Waals surface area contributed by atoms with Crippen LogP contribution in [0.25, 0.3) is 0 Å². The molecule has 0 radical (unpaired) electrons. The molecular weight excluding hydrogens is 452 g/mol. The molecule has 3 aromatic carbocycles. The largest absolute Gasteiger partial charge is 0.457 e. The minimum absolute atomic E-state index is 0.0814. The number of rotatable bonds is 12. The summed E-state index contributed by atoms with van der Waals surface area (Å²) in [4.78, 5) is 14.4. The molecule has 34 heavy (non-hydrogen) atoms. The Balaban J connectivity index is 1.31. The molecule has 0 saturated carbocycles. The maximum absolute atomic E-state index is 12.3. The second-order valence-corrected chi connectivity index (χ2v) is 9.51. The van der Waals surface area contributed by atoms with Crippen LogP contribution in [0.15, 0.2) is 83.8 Å². The fourth-order valence-corrected chi connectivity index (χ4v) is 3.77. The van der Waals surface area contributed by atoms with Crippen LogP contribution in [0, 0.1) is 0 Å². The molecule has 0 fully saturated rings. The van der Waals surface area contributed by atoms with Crippen LogP contribution >= 0.6 is 0 Å². The summed E-state index contributed by atoms with van der Waals surface area (Å²) >= 11 is 0. The fourth-order valence-electron chi connectivity index (χ4n) is 3.26. The number of nitrogens with zero attached hydrogens (tertiary/aromatic N) is 1. The molecule has 0 aromatic heterocycles. The van der Waals surface area contributed by atoms with Gasteiger partial charge in [-0.15, -0.1) is 0 Å². The smallest absolute Gasteiger partial charge is 0.238 e. The van der Waals surface area contributed by atoms with Crippen LogP contribution in [0.2, 0.25) is 0 Å². The van der Waals surface area contributed by atoms with Crippen molar-refractivity contribution in [3.05, 3.63) is 84.4 Å². The van der Waals surface area contributed by atoms with Crippen LogP contribution in [-0.4, -0.2) is 45.9 Å². The van der Waals surface area contributed by atoms with E-state index in [4.69, 9.17) is 9.88 Å². The Bertz CT molecular complexity index is 1150. The molecule has 0 saturated heterocycles. The third-order valence-electron chi connectivity index (χ3n) is 5.00. The molecule has 0 heterocycles. The van der Waals surface area contributed by atoms with Gasteiger partial charge >= 0.3 is 0 Å². The third kappa shape index (κ3) is 8.60. The zero-order valence-corrected chi connectivity index (χ0v) is 19.9. The van der Waals surface area contributed by atoms with Crippen molar-refractivity contribution in [3.63, 3.8) is 0 Å². The molecule has 3 aromatic rings. The number of carbonyl (C=O) groups excluding carboxylic acids is 1. The SMILES string of the molecule is CN(CCCNCc1ccc(S(N)(=O)=O)cc1)CC(=O)Nc1ccc(Oc2ccccc2)cc1. The molecule has 0 spiro atoms. The number of nitrogens with two attached hydrogens (primary N) is 1. The lowest BCUT2D eigenvalue weighted by Gasteiger charge is -2.16. The van der Waals surface area contributed by atoms with Gasteiger partial charge in [-0.3, -0.25) is 9.69 Å². The van der Waals surface area contributed by atoms with Crippen molar-refractivity contribution in [2.45, 2.75) is 17.9 Å². The van der Waals surface area contributed by atoms with E-state index in [9.17, 15) is 13.2 Å². The molecule has 0 unspecified atom stereocenters. The summed E-state index contributed by atoms with van der Waals surface area (Å²) in [7, 11) is -1.76. The number of hydrogen-bond acceptors (Lipinski definition) is 6. The lowest BCUT2D eigenvalue weighted by atomic mass is 10.2. The van der Waals surface area contributed by atoms with E-state index < -0.39 is 10.0 Å². The van der Waals surface area contributed by atoms with E-state index in [1.54, 1.807) is 12.1 Å². The highest BCUT2D eigenvalue weighted by atomic mass is 32.2. The Morgan fingerprint density at radius 2 is 1.59 bits per heavy atom. The molecule has 8 nitrogen and oxygen atoms in total. The van der Waals surface area contributed by atoms with Gasteiger partial charge in [-0.25, -0.2) is 13.6 Å². The van der Waals surface area contributed by atoms with Crippen molar-refractivity contribution < 1.29 is 17.9 Å². The van der Waals surface area contributed by atoms with Crippen LogP contribution in [0.1, 0.15) is 12.0 Å². The summed E-state index contributed by atoms with van der Waals surface area (Å²) in [5.41, 5.74) is 1.69. The van der Waals surface area contributed by atoms with Gasteiger partial charge in [-0.2, -0.15) is 0 Å². The van der Waals surface area contributed by atoms with Gasteiger partial charge in [0.1, 0.15) is 11.5 Å². The lowest BCUT2D eigenvalue weighted by Crippen LogP contribution is -2.32. The number of anilines is 1. The highest BCUT2D eigenvalue weighted by molar-refractivity contribution is 7.89. The summed E-state index contributed by atoms with van der Waals surface area (Å²) in [6, 6.07) is 23.3. The molecule has 0 aliphatic rings. The third-order valence-corrected chi connectivity index (χ3v) is 5.93. The van der Waals surface area contributed by atoms with Crippen LogP contribution < -0.4 is 20.5 Å². The average Bonchev–Trinajstić information content (AvgIpc) is 2.80. The first-order chi connectivity index (χ1) is 16.3. The van der Waals surface area contributed by atoms with Crippen molar-refractivity contribution in [1.29, 1.82) is 0 Å². The van der Waals surface area contributed by atoms with E-state index >= 15 is 0 Å². The maximum Gasteiger partial charge on any atom is 0.238 e. The Kier molecular flexibility index (Phi) is 9.17. The Morgan fingerprint density at radius 1 is 0.941 bits per heavy atom. The van der Waals surface area contributed by atoms with E-state index in [0.717, 1.165) is 30.8 Å². The first kappa shape index (κ1) is 25.4. The Morgan fingerprint density at radius 3 is 2.24 bits per heavy atom. The highest BCUT2D eigenvalue weighted by Gasteiger charge is 2.08. The van der Waals surface area contributed by atoms with Crippen molar-refractivity contribution in [2.75, 3.05) is 32.0 Å². The van der Waals surface area contributed by atoms with Gasteiger partial charge in [0.25, 0.3) is 0 Å². The molecule has 0 aliphatic heterocycles. The van der Waals surface area contributed by atoms with E-state index in [0.29, 0.717) is 18.0 Å². The number of carbonyl (C=O) groups is 1. The number of ether oxygens (including phenoxy) is 1. The minimum Gasteiger partial charge on any atom is -0.457 e. The summed E-state index contributed by atoms with van der Waals surface area (Å²) in [5.74, 6) is 1.38. The molecule has 180 valence electrons. The van der Waals surface area contributed by atoms with E-state index in [2.05, 4.69) is 10.6 Å². The Hall–Kier alpha value is -3.24. The molecule has 9 heteroatoms. The summed E-state index contributed by atoms with van der Waals surface area (Å²) < 4.78 is 28.3. The highest BCUT2D eigenvalue weighted by Crippen LogP contribution is 2.22. The zero-order chi connectivity index (χ0) is 24.4. The topological polar surface area (TPSA) is 114 Å². The summed E-state index contributed by atoms with van der Waals surface area (Å²) in [5, 5.41) is 11.3. The zero-order valence-electron chi connectivity index (χ0n) is 19.1. The number of sulfonamides is 1. The van der Waals surface area contributed by atoms with E-state index in [1.165, 1.54) is 12.1 Å². The van der Waals surface area contributed by atoms with E-state index in [1.807, 2.05) is 66.5 Å². The van der Waals surface area contributed by atoms with Gasteiger partial charge in [0.2, 0.25) is 15.9 Å². The molecule has 1 amide bonds. The van der Waals surface area contributed by atoms with Gasteiger partial charge < -0.3 is 15.4 Å². The first-order valence-corrected chi connectivity index (χ1v) is 12.5. The normalized spacial score (nSPS) is 11.4. The first-order valence-electron chi connectivity index (χ1n) is 10.9. The average molecular weight is 483 g/mol. The van der Waals surface area contributed by atoms with Crippen LogP contribution in [0.4, 0.5) is 5.69 Å². The predicted octanol–water partition coefficient (Wildman–Crippen LogP) is 3.18. The molecule has 0 aliphatic carbocycles. The van der Waals surface area contributed by atoms with Gasteiger partial charge in [0, 0.05) is 12.2 Å². The molecule has 0 bridgehead atoms. The number of likely N-dealkylation sites (N-methyl/N-ethyl adjacent to an activating group) is 1. The monoisotopic (exact) mass is 482 g/mol. The second kappa shape index (κ2) is 12.3.